The zero-order valence-corrected chi connectivity index (χ0v) is 15.4. The van der Waals surface area contributed by atoms with Crippen LogP contribution in [0, 0.1) is 13.8 Å². The second-order valence-electron chi connectivity index (χ2n) is 7.02. The summed E-state index contributed by atoms with van der Waals surface area (Å²) in [5, 5.41) is 5.02. The van der Waals surface area contributed by atoms with Crippen LogP contribution < -0.4 is 5.32 Å². The predicted molar refractivity (Wildman–Crippen MR) is 93.0 cm³/mol. The van der Waals surface area contributed by atoms with Crippen LogP contribution in [0.2, 0.25) is 0 Å². The average Bonchev–Trinajstić information content (AvgIpc) is 2.77. The van der Waals surface area contributed by atoms with E-state index in [-0.39, 0.29) is 5.91 Å². The number of ether oxygens (including phenoxy) is 1. The van der Waals surface area contributed by atoms with E-state index in [2.05, 4.69) is 5.32 Å². The van der Waals surface area contributed by atoms with Gasteiger partial charge in [0.15, 0.2) is 0 Å². The van der Waals surface area contributed by atoms with Gasteiger partial charge in [0.1, 0.15) is 11.6 Å². The summed E-state index contributed by atoms with van der Waals surface area (Å²) < 4.78 is 5.45. The summed E-state index contributed by atoms with van der Waals surface area (Å²) in [4.78, 5) is 27.7. The van der Waals surface area contributed by atoms with Crippen LogP contribution in [-0.2, 0) is 9.53 Å². The van der Waals surface area contributed by atoms with E-state index < -0.39 is 17.7 Å². The average molecular weight is 338 g/mol. The lowest BCUT2D eigenvalue weighted by Gasteiger charge is -2.35. The van der Waals surface area contributed by atoms with E-state index >= 15 is 0 Å². The summed E-state index contributed by atoms with van der Waals surface area (Å²) >= 11 is 1.61. The molecule has 1 N–H and O–H groups in total. The number of hydrogen-bond acceptors (Lipinski definition) is 4. The number of hydrogen-bond donors (Lipinski definition) is 1. The molecule has 0 radical (unpaired) electrons. The topological polar surface area (TPSA) is 58.6 Å². The molecule has 0 saturated carbocycles. The number of anilines is 1. The van der Waals surface area contributed by atoms with E-state index in [4.69, 9.17) is 4.74 Å². The first-order chi connectivity index (χ1) is 10.7. The van der Waals surface area contributed by atoms with Gasteiger partial charge in [-0.2, -0.15) is 0 Å². The third-order valence-corrected chi connectivity index (χ3v) is 4.87. The second kappa shape index (κ2) is 6.91. The smallest absolute Gasteiger partial charge is 0.410 e. The van der Waals surface area contributed by atoms with Crippen molar-refractivity contribution in [2.24, 2.45) is 0 Å². The van der Waals surface area contributed by atoms with Crippen LogP contribution in [0.5, 0.6) is 0 Å². The van der Waals surface area contributed by atoms with Gasteiger partial charge in [-0.15, -0.1) is 11.3 Å². The van der Waals surface area contributed by atoms with Gasteiger partial charge in [-0.05, 0) is 64.8 Å². The Morgan fingerprint density at radius 3 is 2.57 bits per heavy atom. The van der Waals surface area contributed by atoms with Crippen molar-refractivity contribution in [2.45, 2.75) is 65.5 Å². The molecule has 1 fully saturated rings. The Balaban J connectivity index is 2.11. The first kappa shape index (κ1) is 17.8. The number of carbonyl (C=O) groups is 2. The highest BCUT2D eigenvalue weighted by molar-refractivity contribution is 7.10. The quantitative estimate of drug-likeness (QED) is 0.883. The van der Waals surface area contributed by atoms with Gasteiger partial charge in [-0.1, -0.05) is 0 Å². The Morgan fingerprint density at radius 2 is 2.00 bits per heavy atom. The van der Waals surface area contributed by atoms with Crippen molar-refractivity contribution in [3.8, 4) is 0 Å². The van der Waals surface area contributed by atoms with Crippen molar-refractivity contribution < 1.29 is 14.3 Å². The molecule has 23 heavy (non-hydrogen) atoms. The van der Waals surface area contributed by atoms with Crippen LogP contribution in [-0.4, -0.2) is 35.1 Å². The minimum Gasteiger partial charge on any atom is -0.444 e. The number of amides is 2. The number of thiophene rings is 1. The van der Waals surface area contributed by atoms with Crippen LogP contribution >= 0.6 is 11.3 Å². The molecule has 1 saturated heterocycles. The van der Waals surface area contributed by atoms with Gasteiger partial charge >= 0.3 is 6.09 Å². The Morgan fingerprint density at radius 1 is 1.30 bits per heavy atom. The molecule has 0 bridgehead atoms. The Labute approximate surface area is 142 Å². The fourth-order valence-electron chi connectivity index (χ4n) is 2.71. The molecule has 1 aliphatic heterocycles. The number of piperidine rings is 1. The SMILES string of the molecule is Cc1csc(C)c1NC(=O)C1CCCCN1C(=O)OC(C)(C)C. The minimum absolute atomic E-state index is 0.125. The number of rotatable bonds is 2. The van der Waals surface area contributed by atoms with Gasteiger partial charge < -0.3 is 10.1 Å². The lowest BCUT2D eigenvalue weighted by atomic mass is 10.0. The maximum absolute atomic E-state index is 12.7. The van der Waals surface area contributed by atoms with Gasteiger partial charge in [-0.3, -0.25) is 9.69 Å². The van der Waals surface area contributed by atoms with Crippen molar-refractivity contribution in [1.29, 1.82) is 0 Å². The summed E-state index contributed by atoms with van der Waals surface area (Å²) in [6, 6.07) is -0.461. The normalized spacial score (nSPS) is 18.7. The molecular weight excluding hydrogens is 312 g/mol. The van der Waals surface area contributed by atoms with Crippen LogP contribution in [0.1, 0.15) is 50.5 Å². The van der Waals surface area contributed by atoms with Crippen molar-refractivity contribution in [2.75, 3.05) is 11.9 Å². The molecule has 1 unspecified atom stereocenters. The van der Waals surface area contributed by atoms with Gasteiger partial charge in [0, 0.05) is 11.4 Å². The summed E-state index contributed by atoms with van der Waals surface area (Å²) in [7, 11) is 0. The zero-order valence-electron chi connectivity index (χ0n) is 14.6. The Hall–Kier alpha value is -1.56. The molecule has 1 aromatic heterocycles. The van der Waals surface area contributed by atoms with Crippen LogP contribution in [0.25, 0.3) is 0 Å². The number of nitrogens with zero attached hydrogens (tertiary/aromatic N) is 1. The lowest BCUT2D eigenvalue weighted by molar-refractivity contribution is -0.122. The van der Waals surface area contributed by atoms with Gasteiger partial charge in [0.2, 0.25) is 5.91 Å². The first-order valence-electron chi connectivity index (χ1n) is 8.04. The number of carbonyl (C=O) groups excluding carboxylic acids is 2. The monoisotopic (exact) mass is 338 g/mol. The van der Waals surface area contributed by atoms with Gasteiger partial charge in [0.05, 0.1) is 5.69 Å². The number of nitrogens with one attached hydrogen (secondary N) is 1. The minimum atomic E-state index is -0.559. The molecule has 1 atom stereocenters. The van der Waals surface area contributed by atoms with E-state index in [1.807, 2.05) is 40.0 Å². The highest BCUT2D eigenvalue weighted by Crippen LogP contribution is 2.28. The molecule has 1 aliphatic rings. The molecule has 2 heterocycles. The number of likely N-dealkylation sites (tertiary alicyclic amines) is 1. The summed E-state index contributed by atoms with van der Waals surface area (Å²) in [5.74, 6) is -0.125. The molecule has 1 aromatic rings. The van der Waals surface area contributed by atoms with Crippen LogP contribution in [0.3, 0.4) is 0 Å². The summed E-state index contributed by atoms with van der Waals surface area (Å²) in [6.07, 6.45) is 2.11. The van der Waals surface area contributed by atoms with E-state index in [0.29, 0.717) is 13.0 Å². The third-order valence-electron chi connectivity index (χ3n) is 3.84. The Kier molecular flexibility index (Phi) is 5.34. The molecular formula is C17H26N2O3S. The highest BCUT2D eigenvalue weighted by Gasteiger charge is 2.35. The summed E-state index contributed by atoms with van der Waals surface area (Å²) in [6.45, 7) is 10.0. The molecule has 0 aliphatic carbocycles. The standard InChI is InChI=1S/C17H26N2O3S/c1-11-10-23-12(2)14(11)18-15(20)13-8-6-7-9-19(13)16(21)22-17(3,4)5/h10,13H,6-9H2,1-5H3,(H,18,20). The fourth-order valence-corrected chi connectivity index (χ4v) is 3.51. The Bertz CT molecular complexity index is 570. The number of aryl methyl sites for hydroxylation is 2. The van der Waals surface area contributed by atoms with Gasteiger partial charge in [0.25, 0.3) is 0 Å². The van der Waals surface area contributed by atoms with Crippen LogP contribution in [0.15, 0.2) is 5.38 Å². The van der Waals surface area contributed by atoms with Crippen molar-refractivity contribution in [3.63, 3.8) is 0 Å². The molecule has 5 nitrogen and oxygen atoms in total. The second-order valence-corrected chi connectivity index (χ2v) is 8.11. The lowest BCUT2D eigenvalue weighted by Crippen LogP contribution is -2.51. The molecule has 6 heteroatoms. The maximum atomic E-state index is 12.7. The summed E-state index contributed by atoms with van der Waals surface area (Å²) in [5.41, 5.74) is 1.37. The molecule has 2 amide bonds. The zero-order chi connectivity index (χ0) is 17.2. The first-order valence-corrected chi connectivity index (χ1v) is 8.92. The van der Waals surface area contributed by atoms with Gasteiger partial charge in [-0.25, -0.2) is 4.79 Å². The third kappa shape index (κ3) is 4.47. The van der Waals surface area contributed by atoms with Crippen molar-refractivity contribution in [1.82, 2.24) is 4.90 Å². The molecule has 0 aromatic carbocycles. The van der Waals surface area contributed by atoms with E-state index in [0.717, 1.165) is 29.0 Å². The van der Waals surface area contributed by atoms with E-state index in [1.165, 1.54) is 0 Å². The van der Waals surface area contributed by atoms with E-state index in [1.54, 1.807) is 16.2 Å². The van der Waals surface area contributed by atoms with Crippen molar-refractivity contribution in [3.05, 3.63) is 15.8 Å². The molecule has 128 valence electrons. The van der Waals surface area contributed by atoms with Crippen LogP contribution in [0.4, 0.5) is 10.5 Å². The molecule has 0 spiro atoms. The highest BCUT2D eigenvalue weighted by atomic mass is 32.1. The largest absolute Gasteiger partial charge is 0.444 e. The predicted octanol–water partition coefficient (Wildman–Crippen LogP) is 4.09. The van der Waals surface area contributed by atoms with Crippen molar-refractivity contribution >= 4 is 29.0 Å². The molecule has 2 rings (SSSR count). The maximum Gasteiger partial charge on any atom is 0.410 e. The van der Waals surface area contributed by atoms with E-state index in [9.17, 15) is 9.59 Å². The fraction of sp³-hybridized carbons (Fsp3) is 0.647.